The van der Waals surface area contributed by atoms with Gasteiger partial charge in [-0.3, -0.25) is 4.79 Å². The van der Waals surface area contributed by atoms with Gasteiger partial charge >= 0.3 is 18.9 Å². The third-order valence-corrected chi connectivity index (χ3v) is 4.10. The van der Waals surface area contributed by atoms with Crippen LogP contribution in [0, 0.1) is 0 Å². The van der Waals surface area contributed by atoms with E-state index in [4.69, 9.17) is 34.8 Å². The summed E-state index contributed by atoms with van der Waals surface area (Å²) >= 11 is 18.0. The Morgan fingerprint density at radius 1 is 0.947 bits per heavy atom. The molecule has 1 unspecified atom stereocenters. The average Bonchev–Trinajstić information content (AvgIpc) is 2.35. The molecular formula is C13H9Cl3LiOP. The summed E-state index contributed by atoms with van der Waals surface area (Å²) in [6, 6.07) is 10.3. The van der Waals surface area contributed by atoms with Gasteiger partial charge in [-0.1, -0.05) is 59.1 Å². The van der Waals surface area contributed by atoms with E-state index in [1.165, 1.54) is 0 Å². The molecule has 2 aromatic rings. The molecule has 0 aliphatic carbocycles. The van der Waals surface area contributed by atoms with Crippen molar-refractivity contribution in [3.8, 4) is 0 Å². The molecule has 0 fully saturated rings. The Morgan fingerprint density at radius 2 is 1.53 bits per heavy atom. The summed E-state index contributed by atoms with van der Waals surface area (Å²) in [7, 11) is 2.51. The monoisotopic (exact) mass is 324 g/mol. The number of hydrogen-bond acceptors (Lipinski definition) is 1. The predicted octanol–water partition coefficient (Wildman–Crippen LogP) is 3.73. The van der Waals surface area contributed by atoms with Crippen LogP contribution in [0.1, 0.15) is 15.9 Å². The molecule has 0 spiro atoms. The minimum atomic E-state index is -0.238. The van der Waals surface area contributed by atoms with Crippen LogP contribution in [-0.4, -0.2) is 24.6 Å². The van der Waals surface area contributed by atoms with Crippen LogP contribution >= 0.6 is 44.0 Å². The third kappa shape index (κ3) is 3.56. The fourth-order valence-electron chi connectivity index (χ4n) is 1.57. The molecule has 6 heteroatoms. The first kappa shape index (κ1) is 17.1. The van der Waals surface area contributed by atoms with Crippen LogP contribution < -0.4 is 5.30 Å². The van der Waals surface area contributed by atoms with Crippen LogP contribution in [0.25, 0.3) is 0 Å². The number of carbonyl (C=O) groups is 1. The minimum absolute atomic E-state index is 0. The Morgan fingerprint density at radius 3 is 2.16 bits per heavy atom. The number of hydrogen-bond donors (Lipinski definition) is 0. The van der Waals surface area contributed by atoms with Crippen molar-refractivity contribution in [1.82, 2.24) is 0 Å². The fraction of sp³-hybridized carbons (Fsp3) is 0. The molecule has 1 nitrogen and oxygen atoms in total. The summed E-state index contributed by atoms with van der Waals surface area (Å²) in [5.74, 6) is -0.238. The molecule has 0 heterocycles. The Bertz CT molecular complexity index is 631. The zero-order chi connectivity index (χ0) is 13.3. The van der Waals surface area contributed by atoms with Gasteiger partial charge in [-0.2, -0.15) is 0 Å². The Balaban J connectivity index is 0.00000180. The maximum atomic E-state index is 12.4. The van der Waals surface area contributed by atoms with E-state index < -0.39 is 0 Å². The van der Waals surface area contributed by atoms with Crippen molar-refractivity contribution in [2.24, 2.45) is 0 Å². The molecule has 2 rings (SSSR count). The molecule has 0 amide bonds. The van der Waals surface area contributed by atoms with E-state index in [9.17, 15) is 4.79 Å². The van der Waals surface area contributed by atoms with Gasteiger partial charge < -0.3 is 0 Å². The Hall–Kier alpha value is 0.00740. The molecule has 0 aliphatic rings. The van der Waals surface area contributed by atoms with Crippen molar-refractivity contribution < 1.29 is 4.79 Å². The van der Waals surface area contributed by atoms with Crippen molar-refractivity contribution in [3.05, 3.63) is 62.6 Å². The van der Waals surface area contributed by atoms with Gasteiger partial charge in [0.15, 0.2) is 5.78 Å². The summed E-state index contributed by atoms with van der Waals surface area (Å²) in [5, 5.41) is 1.57. The van der Waals surface area contributed by atoms with Gasteiger partial charge in [-0.15, -0.1) is 9.24 Å². The second-order valence-corrected chi connectivity index (χ2v) is 5.45. The first-order chi connectivity index (χ1) is 8.52. The van der Waals surface area contributed by atoms with Crippen molar-refractivity contribution in [2.45, 2.75) is 0 Å². The van der Waals surface area contributed by atoms with Crippen LogP contribution in [0.4, 0.5) is 0 Å². The number of rotatable bonds is 2. The van der Waals surface area contributed by atoms with E-state index in [1.807, 2.05) is 12.1 Å². The van der Waals surface area contributed by atoms with Crippen molar-refractivity contribution >= 4 is 74.0 Å². The molecule has 0 radical (unpaired) electrons. The van der Waals surface area contributed by atoms with E-state index in [0.717, 1.165) is 5.30 Å². The van der Waals surface area contributed by atoms with Gasteiger partial charge in [0.2, 0.25) is 0 Å². The van der Waals surface area contributed by atoms with Crippen LogP contribution in [0.2, 0.25) is 15.1 Å². The van der Waals surface area contributed by atoms with Gasteiger partial charge in [-0.05, 0) is 17.4 Å². The second-order valence-electron chi connectivity index (χ2n) is 3.63. The number of carbonyl (C=O) groups excluding carboxylic acids is 1. The number of ketones is 1. The normalized spacial score (nSPS) is 9.89. The molecule has 0 saturated heterocycles. The van der Waals surface area contributed by atoms with Crippen molar-refractivity contribution in [3.63, 3.8) is 0 Å². The van der Waals surface area contributed by atoms with Gasteiger partial charge in [0.05, 0.1) is 20.6 Å². The molecule has 0 aliphatic heterocycles. The fourth-order valence-corrected chi connectivity index (χ4v) is 2.61. The molecule has 0 saturated carbocycles. The summed E-state index contributed by atoms with van der Waals surface area (Å²) in [6.07, 6.45) is 0. The van der Waals surface area contributed by atoms with Crippen LogP contribution in [0.3, 0.4) is 0 Å². The summed E-state index contributed by atoms with van der Waals surface area (Å²) < 4.78 is 0. The van der Waals surface area contributed by atoms with Gasteiger partial charge in [0.25, 0.3) is 0 Å². The van der Waals surface area contributed by atoms with Crippen LogP contribution in [0.15, 0.2) is 36.4 Å². The third-order valence-electron chi connectivity index (χ3n) is 2.48. The van der Waals surface area contributed by atoms with E-state index in [1.54, 1.807) is 24.3 Å². The molecule has 0 bridgehead atoms. The van der Waals surface area contributed by atoms with Gasteiger partial charge in [0.1, 0.15) is 0 Å². The molecule has 0 N–H and O–H groups in total. The summed E-state index contributed by atoms with van der Waals surface area (Å²) in [6.45, 7) is 0. The maximum absolute atomic E-state index is 12.4. The molecule has 1 atom stereocenters. The molecule has 94 valence electrons. The van der Waals surface area contributed by atoms with Gasteiger partial charge in [0, 0.05) is 5.56 Å². The Labute approximate surface area is 141 Å². The molecular weight excluding hydrogens is 316 g/mol. The molecule has 19 heavy (non-hydrogen) atoms. The van der Waals surface area contributed by atoms with E-state index in [0.29, 0.717) is 15.6 Å². The van der Waals surface area contributed by atoms with Crippen LogP contribution in [-0.2, 0) is 0 Å². The molecule has 0 aromatic heterocycles. The number of benzene rings is 2. The zero-order valence-electron chi connectivity index (χ0n) is 9.08. The summed E-state index contributed by atoms with van der Waals surface area (Å²) in [4.78, 5) is 12.4. The van der Waals surface area contributed by atoms with Crippen LogP contribution in [0.5, 0.6) is 0 Å². The average molecular weight is 325 g/mol. The van der Waals surface area contributed by atoms with Crippen molar-refractivity contribution in [2.75, 3.05) is 0 Å². The van der Waals surface area contributed by atoms with E-state index >= 15 is 0 Å². The first-order valence-electron chi connectivity index (χ1n) is 5.05. The zero-order valence-corrected chi connectivity index (χ0v) is 12.5. The second kappa shape index (κ2) is 7.14. The Kier molecular flexibility index (Phi) is 6.41. The molecule has 2 aromatic carbocycles. The van der Waals surface area contributed by atoms with E-state index in [2.05, 4.69) is 9.24 Å². The topological polar surface area (TPSA) is 17.1 Å². The first-order valence-corrected chi connectivity index (χ1v) is 6.76. The van der Waals surface area contributed by atoms with Gasteiger partial charge in [-0.25, -0.2) is 0 Å². The number of halogens is 3. The standard InChI is InChI=1S/C13H8Cl3OP.Li.H/c14-8-5-6-9(15)12(16)11(8)13(17)7-3-1-2-4-10(7)18;;/h1-6H,18H2;;. The van der Waals surface area contributed by atoms with E-state index in [-0.39, 0.29) is 35.2 Å². The SMILES string of the molecule is O=C(c1ccccc1P)c1c(Cl)ccc(Cl)c1Cl.[LiH]. The predicted molar refractivity (Wildman–Crippen MR) is 87.8 cm³/mol. The van der Waals surface area contributed by atoms with Crippen molar-refractivity contribution in [1.29, 1.82) is 0 Å². The quantitative estimate of drug-likeness (QED) is 0.356. The summed E-state index contributed by atoms with van der Waals surface area (Å²) in [5.41, 5.74) is 0.773.